The van der Waals surface area contributed by atoms with Gasteiger partial charge in [0.05, 0.1) is 0 Å². The van der Waals surface area contributed by atoms with Gasteiger partial charge in [-0.3, -0.25) is 0 Å². The third-order valence-electron chi connectivity index (χ3n) is 4.25. The Labute approximate surface area is 123 Å². The number of piperidine rings is 1. The van der Waals surface area contributed by atoms with Gasteiger partial charge in [0.2, 0.25) is 5.89 Å². The summed E-state index contributed by atoms with van der Waals surface area (Å²) in [5, 5.41) is 9.70. The molecule has 4 nitrogen and oxygen atoms in total. The van der Waals surface area contributed by atoms with E-state index >= 15 is 0 Å². The highest BCUT2D eigenvalue weighted by Gasteiger charge is 2.37. The summed E-state index contributed by atoms with van der Waals surface area (Å²) in [4.78, 5) is 5.91. The SMILES string of the molecule is CC(C)(c1nc(Cc2cccs2)no1)C1CCCNC1. The third kappa shape index (κ3) is 2.79. The van der Waals surface area contributed by atoms with E-state index in [2.05, 4.69) is 46.8 Å². The molecule has 1 fully saturated rings. The van der Waals surface area contributed by atoms with E-state index in [1.54, 1.807) is 11.3 Å². The van der Waals surface area contributed by atoms with Gasteiger partial charge in [-0.05, 0) is 43.3 Å². The average Bonchev–Trinajstić information content (AvgIpc) is 3.12. The van der Waals surface area contributed by atoms with Crippen LogP contribution in [0.1, 0.15) is 43.3 Å². The fraction of sp³-hybridized carbons (Fsp3) is 0.600. The van der Waals surface area contributed by atoms with Gasteiger partial charge in [-0.15, -0.1) is 11.3 Å². The molecule has 1 aliphatic rings. The van der Waals surface area contributed by atoms with Crippen molar-refractivity contribution >= 4 is 11.3 Å². The van der Waals surface area contributed by atoms with Crippen LogP contribution in [-0.4, -0.2) is 23.2 Å². The number of aromatic nitrogens is 2. The van der Waals surface area contributed by atoms with Crippen LogP contribution in [0.2, 0.25) is 0 Å². The van der Waals surface area contributed by atoms with Gasteiger partial charge in [0.1, 0.15) is 0 Å². The minimum atomic E-state index is -0.0614. The van der Waals surface area contributed by atoms with Crippen molar-refractivity contribution in [3.63, 3.8) is 0 Å². The van der Waals surface area contributed by atoms with Gasteiger partial charge in [0, 0.05) is 16.7 Å². The molecule has 0 aromatic carbocycles. The Morgan fingerprint density at radius 2 is 2.40 bits per heavy atom. The number of nitrogens with one attached hydrogen (secondary N) is 1. The summed E-state index contributed by atoms with van der Waals surface area (Å²) in [6, 6.07) is 4.16. The van der Waals surface area contributed by atoms with E-state index in [0.717, 1.165) is 31.2 Å². The molecule has 0 saturated carbocycles. The highest BCUT2D eigenvalue weighted by molar-refractivity contribution is 7.09. The van der Waals surface area contributed by atoms with Gasteiger partial charge < -0.3 is 9.84 Å². The first kappa shape index (κ1) is 13.8. The summed E-state index contributed by atoms with van der Waals surface area (Å²) in [5.41, 5.74) is -0.0614. The number of rotatable bonds is 4. The second kappa shape index (κ2) is 5.66. The van der Waals surface area contributed by atoms with E-state index in [1.807, 2.05) is 0 Å². The van der Waals surface area contributed by atoms with Crippen molar-refractivity contribution in [2.45, 2.75) is 38.5 Å². The Bertz CT molecular complexity index is 541. The van der Waals surface area contributed by atoms with Crippen LogP contribution in [-0.2, 0) is 11.8 Å². The molecule has 3 heterocycles. The van der Waals surface area contributed by atoms with E-state index in [0.29, 0.717) is 5.92 Å². The molecule has 0 radical (unpaired) electrons. The van der Waals surface area contributed by atoms with E-state index in [9.17, 15) is 0 Å². The first-order valence-electron chi connectivity index (χ1n) is 7.22. The Balaban J connectivity index is 1.74. The maximum atomic E-state index is 5.55. The second-order valence-electron chi connectivity index (χ2n) is 6.04. The predicted octanol–water partition coefficient (Wildman–Crippen LogP) is 3.00. The Hall–Kier alpha value is -1.20. The average molecular weight is 291 g/mol. The van der Waals surface area contributed by atoms with Crippen LogP contribution in [0.15, 0.2) is 22.0 Å². The molecule has 5 heteroatoms. The monoisotopic (exact) mass is 291 g/mol. The van der Waals surface area contributed by atoms with Crippen LogP contribution >= 0.6 is 11.3 Å². The lowest BCUT2D eigenvalue weighted by Gasteiger charge is -2.34. The molecule has 0 amide bonds. The smallest absolute Gasteiger partial charge is 0.232 e. The first-order valence-corrected chi connectivity index (χ1v) is 8.10. The minimum Gasteiger partial charge on any atom is -0.339 e. The molecule has 1 atom stereocenters. The molecular formula is C15H21N3OS. The highest BCUT2D eigenvalue weighted by Crippen LogP contribution is 2.34. The zero-order valence-corrected chi connectivity index (χ0v) is 12.9. The molecule has 1 unspecified atom stereocenters. The minimum absolute atomic E-state index is 0.0614. The summed E-state index contributed by atoms with van der Waals surface area (Å²) in [5.74, 6) is 2.13. The second-order valence-corrected chi connectivity index (χ2v) is 7.07. The molecule has 0 aliphatic carbocycles. The maximum absolute atomic E-state index is 5.55. The third-order valence-corrected chi connectivity index (χ3v) is 5.13. The first-order chi connectivity index (χ1) is 9.66. The van der Waals surface area contributed by atoms with Crippen molar-refractivity contribution in [3.8, 4) is 0 Å². The summed E-state index contributed by atoms with van der Waals surface area (Å²) in [6.07, 6.45) is 3.22. The number of hydrogen-bond donors (Lipinski definition) is 1. The van der Waals surface area contributed by atoms with Crippen molar-refractivity contribution in [2.24, 2.45) is 5.92 Å². The van der Waals surface area contributed by atoms with E-state index in [1.165, 1.54) is 17.7 Å². The molecule has 1 aliphatic heterocycles. The van der Waals surface area contributed by atoms with Crippen LogP contribution in [0.25, 0.3) is 0 Å². The van der Waals surface area contributed by atoms with Crippen LogP contribution in [0, 0.1) is 5.92 Å². The number of nitrogens with zero attached hydrogens (tertiary/aromatic N) is 2. The lowest BCUT2D eigenvalue weighted by atomic mass is 9.75. The van der Waals surface area contributed by atoms with Crippen molar-refractivity contribution in [1.29, 1.82) is 0 Å². The summed E-state index contributed by atoms with van der Waals surface area (Å²) in [7, 11) is 0. The number of hydrogen-bond acceptors (Lipinski definition) is 5. The topological polar surface area (TPSA) is 51.0 Å². The van der Waals surface area contributed by atoms with Crippen LogP contribution in [0.5, 0.6) is 0 Å². The van der Waals surface area contributed by atoms with Crippen molar-refractivity contribution in [2.75, 3.05) is 13.1 Å². The van der Waals surface area contributed by atoms with Crippen LogP contribution < -0.4 is 5.32 Å². The Morgan fingerprint density at radius 1 is 1.50 bits per heavy atom. The molecular weight excluding hydrogens is 270 g/mol. The molecule has 3 rings (SSSR count). The Kier molecular flexibility index (Phi) is 3.89. The quantitative estimate of drug-likeness (QED) is 0.941. The predicted molar refractivity (Wildman–Crippen MR) is 80.0 cm³/mol. The van der Waals surface area contributed by atoms with Crippen LogP contribution in [0.4, 0.5) is 0 Å². The lowest BCUT2D eigenvalue weighted by molar-refractivity contribution is 0.196. The van der Waals surface area contributed by atoms with Crippen LogP contribution in [0.3, 0.4) is 0 Å². The summed E-state index contributed by atoms with van der Waals surface area (Å²) >= 11 is 1.73. The van der Waals surface area contributed by atoms with Gasteiger partial charge in [-0.1, -0.05) is 25.1 Å². The van der Waals surface area contributed by atoms with E-state index < -0.39 is 0 Å². The maximum Gasteiger partial charge on any atom is 0.232 e. The van der Waals surface area contributed by atoms with Crippen molar-refractivity contribution in [1.82, 2.24) is 15.5 Å². The fourth-order valence-electron chi connectivity index (χ4n) is 2.80. The lowest BCUT2D eigenvalue weighted by Crippen LogP contribution is -2.40. The van der Waals surface area contributed by atoms with Crippen molar-refractivity contribution in [3.05, 3.63) is 34.1 Å². The molecule has 0 spiro atoms. The molecule has 1 N–H and O–H groups in total. The van der Waals surface area contributed by atoms with Gasteiger partial charge in [0.15, 0.2) is 5.82 Å². The Morgan fingerprint density at radius 3 is 3.10 bits per heavy atom. The van der Waals surface area contributed by atoms with Gasteiger partial charge in [0.25, 0.3) is 0 Å². The zero-order chi connectivity index (χ0) is 14.0. The zero-order valence-electron chi connectivity index (χ0n) is 12.1. The molecule has 0 bridgehead atoms. The molecule has 20 heavy (non-hydrogen) atoms. The fourth-order valence-corrected chi connectivity index (χ4v) is 3.50. The molecule has 2 aromatic heterocycles. The van der Waals surface area contributed by atoms with Gasteiger partial charge >= 0.3 is 0 Å². The van der Waals surface area contributed by atoms with Gasteiger partial charge in [-0.25, -0.2) is 0 Å². The molecule has 1 saturated heterocycles. The summed E-state index contributed by atoms with van der Waals surface area (Å²) < 4.78 is 5.55. The van der Waals surface area contributed by atoms with Gasteiger partial charge in [-0.2, -0.15) is 4.98 Å². The number of thiophene rings is 1. The molecule has 2 aromatic rings. The van der Waals surface area contributed by atoms with E-state index in [4.69, 9.17) is 4.52 Å². The normalized spacial score (nSPS) is 20.2. The standard InChI is InChI=1S/C15H21N3OS/c1-15(2,11-5-3-7-16-10-11)14-17-13(18-19-14)9-12-6-4-8-20-12/h4,6,8,11,16H,3,5,7,9-10H2,1-2H3. The highest BCUT2D eigenvalue weighted by atomic mass is 32.1. The largest absolute Gasteiger partial charge is 0.339 e. The van der Waals surface area contributed by atoms with Crippen molar-refractivity contribution < 1.29 is 4.52 Å². The summed E-state index contributed by atoms with van der Waals surface area (Å²) in [6.45, 7) is 6.59. The molecule has 108 valence electrons. The van der Waals surface area contributed by atoms with E-state index in [-0.39, 0.29) is 5.41 Å².